The number of hydrogen-bond donors (Lipinski definition) is 1. The first-order valence-electron chi connectivity index (χ1n) is 10.6. The molecule has 2 unspecified atom stereocenters. The molecule has 3 heterocycles. The molecule has 0 spiro atoms. The maximum Gasteiger partial charge on any atom is 0.305 e. The number of aromatic amines is 1. The average Bonchev–Trinajstić information content (AvgIpc) is 3.09. The molecule has 0 aliphatic carbocycles. The number of benzene rings is 1. The highest BCUT2D eigenvalue weighted by atomic mass is 16.5. The van der Waals surface area contributed by atoms with Gasteiger partial charge in [0.25, 0.3) is 0 Å². The SMILES string of the molecule is CCCCC1(CCC(=O)OC)CCCN2CCc3c([nH]c4ccccc34)C21. The van der Waals surface area contributed by atoms with Gasteiger partial charge in [-0.05, 0) is 55.7 Å². The molecule has 2 atom stereocenters. The predicted octanol–water partition coefficient (Wildman–Crippen LogP) is 4.99. The number of esters is 1. The maximum absolute atomic E-state index is 12.0. The van der Waals surface area contributed by atoms with Crippen molar-refractivity contribution in [2.75, 3.05) is 20.2 Å². The summed E-state index contributed by atoms with van der Waals surface area (Å²) in [6, 6.07) is 9.11. The molecule has 1 fully saturated rings. The zero-order valence-electron chi connectivity index (χ0n) is 16.7. The van der Waals surface area contributed by atoms with Crippen molar-refractivity contribution in [2.45, 2.75) is 64.3 Å². The van der Waals surface area contributed by atoms with Crippen LogP contribution >= 0.6 is 0 Å². The molecule has 2 aliphatic heterocycles. The fourth-order valence-corrected chi connectivity index (χ4v) is 5.63. The monoisotopic (exact) mass is 368 g/mol. The Morgan fingerprint density at radius 1 is 1.30 bits per heavy atom. The number of carbonyl (C=O) groups is 1. The molecule has 0 bridgehead atoms. The Bertz CT molecular complexity index is 812. The first kappa shape index (κ1) is 18.5. The van der Waals surface area contributed by atoms with E-state index in [1.165, 1.54) is 67.9 Å². The Morgan fingerprint density at radius 2 is 2.15 bits per heavy atom. The molecule has 1 N–H and O–H groups in total. The third-order valence-corrected chi connectivity index (χ3v) is 6.92. The van der Waals surface area contributed by atoms with E-state index in [4.69, 9.17) is 4.74 Å². The van der Waals surface area contributed by atoms with Gasteiger partial charge < -0.3 is 9.72 Å². The molecule has 0 amide bonds. The smallest absolute Gasteiger partial charge is 0.305 e. The molecule has 4 nitrogen and oxygen atoms in total. The van der Waals surface area contributed by atoms with Gasteiger partial charge in [0.1, 0.15) is 0 Å². The maximum atomic E-state index is 12.0. The second-order valence-electron chi connectivity index (χ2n) is 8.40. The van der Waals surface area contributed by atoms with Gasteiger partial charge in [-0.2, -0.15) is 0 Å². The van der Waals surface area contributed by atoms with E-state index in [1.807, 2.05) is 0 Å². The van der Waals surface area contributed by atoms with Crippen molar-refractivity contribution in [2.24, 2.45) is 5.41 Å². The number of rotatable bonds is 6. The molecule has 146 valence electrons. The van der Waals surface area contributed by atoms with Crippen LogP contribution in [0.15, 0.2) is 24.3 Å². The van der Waals surface area contributed by atoms with E-state index in [9.17, 15) is 4.79 Å². The Balaban J connectivity index is 1.76. The van der Waals surface area contributed by atoms with Gasteiger partial charge in [0.2, 0.25) is 0 Å². The van der Waals surface area contributed by atoms with Crippen molar-refractivity contribution in [3.05, 3.63) is 35.5 Å². The van der Waals surface area contributed by atoms with E-state index >= 15 is 0 Å². The van der Waals surface area contributed by atoms with Gasteiger partial charge in [0, 0.05) is 29.6 Å². The van der Waals surface area contributed by atoms with Gasteiger partial charge in [-0.1, -0.05) is 38.0 Å². The lowest BCUT2D eigenvalue weighted by Gasteiger charge is -2.52. The number of nitrogens with one attached hydrogen (secondary N) is 1. The topological polar surface area (TPSA) is 45.3 Å². The summed E-state index contributed by atoms with van der Waals surface area (Å²) >= 11 is 0. The molecule has 2 aromatic rings. The highest BCUT2D eigenvalue weighted by Gasteiger charge is 2.47. The third-order valence-electron chi connectivity index (χ3n) is 6.92. The fraction of sp³-hybridized carbons (Fsp3) is 0.609. The van der Waals surface area contributed by atoms with Crippen LogP contribution < -0.4 is 0 Å². The summed E-state index contributed by atoms with van der Waals surface area (Å²) in [5.41, 5.74) is 4.35. The number of ether oxygens (including phenoxy) is 1. The van der Waals surface area contributed by atoms with E-state index in [0.29, 0.717) is 12.5 Å². The van der Waals surface area contributed by atoms with Crippen LogP contribution in [-0.4, -0.2) is 36.1 Å². The minimum absolute atomic E-state index is 0.0734. The van der Waals surface area contributed by atoms with Crippen molar-refractivity contribution >= 4 is 16.9 Å². The van der Waals surface area contributed by atoms with Crippen LogP contribution in [0.5, 0.6) is 0 Å². The van der Waals surface area contributed by atoms with Crippen LogP contribution in [-0.2, 0) is 16.0 Å². The van der Waals surface area contributed by atoms with E-state index < -0.39 is 0 Å². The second kappa shape index (κ2) is 7.67. The number of fused-ring (bicyclic) bond motifs is 5. The highest BCUT2D eigenvalue weighted by molar-refractivity contribution is 5.85. The molecule has 0 saturated carbocycles. The molecular formula is C23H32N2O2. The van der Waals surface area contributed by atoms with Crippen LogP contribution in [0.25, 0.3) is 10.9 Å². The van der Waals surface area contributed by atoms with Crippen LogP contribution in [0.4, 0.5) is 0 Å². The standard InChI is InChI=1S/C23H32N2O2/c1-3-4-12-23(14-10-20(26)27-2)13-7-15-25-16-11-18-17-8-5-6-9-19(17)24-21(18)22(23)25/h5-6,8-9,22,24H,3-4,7,10-16H2,1-2H3. The molecule has 0 radical (unpaired) electrons. The lowest BCUT2D eigenvalue weighted by Crippen LogP contribution is -2.49. The Morgan fingerprint density at radius 3 is 2.96 bits per heavy atom. The van der Waals surface area contributed by atoms with Crippen molar-refractivity contribution in [3.63, 3.8) is 0 Å². The number of H-pyrrole nitrogens is 1. The molecule has 4 heteroatoms. The van der Waals surface area contributed by atoms with Gasteiger partial charge >= 0.3 is 5.97 Å². The van der Waals surface area contributed by atoms with Gasteiger partial charge in [-0.3, -0.25) is 9.69 Å². The number of carbonyl (C=O) groups excluding carboxylic acids is 1. The van der Waals surface area contributed by atoms with Crippen LogP contribution in [0.3, 0.4) is 0 Å². The van der Waals surface area contributed by atoms with Gasteiger partial charge in [0.15, 0.2) is 0 Å². The molecule has 1 saturated heterocycles. The summed E-state index contributed by atoms with van der Waals surface area (Å²) in [7, 11) is 1.50. The Hall–Kier alpha value is -1.81. The van der Waals surface area contributed by atoms with Crippen molar-refractivity contribution in [1.29, 1.82) is 0 Å². The van der Waals surface area contributed by atoms with Crippen molar-refractivity contribution in [1.82, 2.24) is 9.88 Å². The lowest BCUT2D eigenvalue weighted by atomic mass is 9.64. The van der Waals surface area contributed by atoms with E-state index in [1.54, 1.807) is 0 Å². The zero-order chi connectivity index (χ0) is 18.9. The number of unbranched alkanes of at least 4 members (excludes halogenated alkanes) is 1. The number of aromatic nitrogens is 1. The first-order valence-corrected chi connectivity index (χ1v) is 10.6. The molecule has 4 rings (SSSR count). The van der Waals surface area contributed by atoms with E-state index in [2.05, 4.69) is 41.1 Å². The van der Waals surface area contributed by atoms with Gasteiger partial charge in [-0.25, -0.2) is 0 Å². The summed E-state index contributed by atoms with van der Waals surface area (Å²) in [5, 5.41) is 1.38. The quantitative estimate of drug-likeness (QED) is 0.731. The third kappa shape index (κ3) is 3.29. The first-order chi connectivity index (χ1) is 13.2. The summed E-state index contributed by atoms with van der Waals surface area (Å²) in [5.74, 6) is -0.0734. The largest absolute Gasteiger partial charge is 0.469 e. The average molecular weight is 369 g/mol. The zero-order valence-corrected chi connectivity index (χ0v) is 16.7. The summed E-state index contributed by atoms with van der Waals surface area (Å²) in [6.45, 7) is 4.57. The van der Waals surface area contributed by atoms with Gasteiger partial charge in [-0.15, -0.1) is 0 Å². The minimum Gasteiger partial charge on any atom is -0.469 e. The number of methoxy groups -OCH3 is 1. The molecule has 27 heavy (non-hydrogen) atoms. The number of hydrogen-bond acceptors (Lipinski definition) is 3. The molecule has 1 aromatic carbocycles. The minimum atomic E-state index is -0.0734. The van der Waals surface area contributed by atoms with Crippen LogP contribution in [0.1, 0.15) is 69.2 Å². The van der Waals surface area contributed by atoms with Crippen molar-refractivity contribution in [3.8, 4) is 0 Å². The molecule has 1 aromatic heterocycles. The fourth-order valence-electron chi connectivity index (χ4n) is 5.63. The Labute approximate surface area is 162 Å². The van der Waals surface area contributed by atoms with Crippen LogP contribution in [0.2, 0.25) is 0 Å². The van der Waals surface area contributed by atoms with Crippen molar-refractivity contribution < 1.29 is 9.53 Å². The van der Waals surface area contributed by atoms with E-state index in [0.717, 1.165) is 19.4 Å². The molecular weight excluding hydrogens is 336 g/mol. The summed E-state index contributed by atoms with van der Waals surface area (Å²) in [6.07, 6.45) is 8.63. The number of nitrogens with zero attached hydrogens (tertiary/aromatic N) is 1. The number of piperidine rings is 1. The van der Waals surface area contributed by atoms with Crippen LogP contribution in [0, 0.1) is 5.41 Å². The predicted molar refractivity (Wildman–Crippen MR) is 109 cm³/mol. The second-order valence-corrected chi connectivity index (χ2v) is 8.40. The lowest BCUT2D eigenvalue weighted by molar-refractivity contribution is -0.142. The van der Waals surface area contributed by atoms with Gasteiger partial charge in [0.05, 0.1) is 13.2 Å². The highest BCUT2D eigenvalue weighted by Crippen LogP contribution is 2.54. The normalized spacial score (nSPS) is 25.2. The van der Waals surface area contributed by atoms with E-state index in [-0.39, 0.29) is 11.4 Å². The summed E-state index contributed by atoms with van der Waals surface area (Å²) < 4.78 is 4.98. The summed E-state index contributed by atoms with van der Waals surface area (Å²) in [4.78, 5) is 18.5. The Kier molecular flexibility index (Phi) is 5.27. The number of para-hydroxylation sites is 1. The molecule has 2 aliphatic rings.